The Morgan fingerprint density at radius 2 is 1.89 bits per heavy atom. The molecule has 148 valence electrons. The van der Waals surface area contributed by atoms with Gasteiger partial charge in [-0.15, -0.1) is 11.3 Å². The zero-order valence-electron chi connectivity index (χ0n) is 16.0. The van der Waals surface area contributed by atoms with Gasteiger partial charge in [0, 0.05) is 30.1 Å². The van der Waals surface area contributed by atoms with E-state index in [2.05, 4.69) is 10.7 Å². The summed E-state index contributed by atoms with van der Waals surface area (Å²) in [6, 6.07) is 7.33. The topological polar surface area (TPSA) is 61.4 Å². The average molecular weight is 418 g/mol. The highest BCUT2D eigenvalue weighted by molar-refractivity contribution is 7.17. The highest BCUT2D eigenvalue weighted by Gasteiger charge is 2.25. The van der Waals surface area contributed by atoms with Crippen molar-refractivity contribution < 1.29 is 9.59 Å². The second kappa shape index (κ2) is 9.37. The first-order valence-electron chi connectivity index (χ1n) is 9.32. The molecule has 1 aromatic carbocycles. The molecule has 1 aromatic heterocycles. The fourth-order valence-electron chi connectivity index (χ4n) is 3.26. The van der Waals surface area contributed by atoms with Crippen LogP contribution in [-0.4, -0.2) is 30.9 Å². The Hall–Kier alpha value is -2.15. The van der Waals surface area contributed by atoms with Crippen molar-refractivity contribution in [1.29, 1.82) is 0 Å². The van der Waals surface area contributed by atoms with Gasteiger partial charge in [0.2, 0.25) is 5.91 Å². The van der Waals surface area contributed by atoms with Gasteiger partial charge in [-0.25, -0.2) is 5.01 Å². The lowest BCUT2D eigenvalue weighted by Gasteiger charge is -2.14. The number of carbonyl (C=O) groups excluding carboxylic acids is 2. The van der Waals surface area contributed by atoms with Crippen molar-refractivity contribution in [2.45, 2.75) is 32.1 Å². The minimum absolute atomic E-state index is 0.185. The largest absolute Gasteiger partial charge is 0.313 e. The Morgan fingerprint density at radius 3 is 2.64 bits per heavy atom. The second-order valence-corrected chi connectivity index (χ2v) is 8.46. The van der Waals surface area contributed by atoms with Crippen molar-refractivity contribution in [3.63, 3.8) is 0 Å². The van der Waals surface area contributed by atoms with Gasteiger partial charge in [0.25, 0.3) is 5.91 Å². The van der Waals surface area contributed by atoms with E-state index in [1.807, 2.05) is 18.2 Å². The van der Waals surface area contributed by atoms with Crippen LogP contribution >= 0.6 is 22.9 Å². The van der Waals surface area contributed by atoms with E-state index in [0.29, 0.717) is 15.6 Å². The molecule has 28 heavy (non-hydrogen) atoms. The van der Waals surface area contributed by atoms with Crippen LogP contribution in [0.25, 0.3) is 6.08 Å². The number of rotatable bonds is 5. The molecular formula is C21H24ClN3O2S. The minimum atomic E-state index is -0.282. The fraction of sp³-hybridized carbons (Fsp3) is 0.333. The Labute approximate surface area is 174 Å². The van der Waals surface area contributed by atoms with Crippen molar-refractivity contribution in [3.8, 4) is 0 Å². The summed E-state index contributed by atoms with van der Waals surface area (Å²) in [5.74, 6) is -0.468. The zero-order chi connectivity index (χ0) is 20.1. The lowest BCUT2D eigenvalue weighted by Crippen LogP contribution is -2.36. The number of anilines is 1. The molecule has 0 atom stereocenters. The summed E-state index contributed by atoms with van der Waals surface area (Å²) in [4.78, 5) is 26.5. The first-order valence-corrected chi connectivity index (χ1v) is 10.5. The predicted octanol–water partition coefficient (Wildman–Crippen LogP) is 4.53. The molecule has 0 radical (unpaired) electrons. The highest BCUT2D eigenvalue weighted by Crippen LogP contribution is 2.37. The van der Waals surface area contributed by atoms with Gasteiger partial charge in [0.15, 0.2) is 0 Å². The second-order valence-electron chi connectivity index (χ2n) is 6.95. The SMILES string of the molecule is CN(C)NC(=O)c1c(NC(=O)C=Cc2ccccc2Cl)sc2c1CCCCC2. The number of carbonyl (C=O) groups is 2. The molecule has 1 aliphatic rings. The zero-order valence-corrected chi connectivity index (χ0v) is 17.6. The van der Waals surface area contributed by atoms with Gasteiger partial charge in [0.05, 0.1) is 5.56 Å². The Kier molecular flexibility index (Phi) is 6.88. The number of fused-ring (bicyclic) bond motifs is 1. The molecule has 0 spiro atoms. The normalized spacial score (nSPS) is 14.0. The maximum absolute atomic E-state index is 12.8. The van der Waals surface area contributed by atoms with Crippen LogP contribution in [0.15, 0.2) is 30.3 Å². The third-order valence-electron chi connectivity index (χ3n) is 4.53. The van der Waals surface area contributed by atoms with E-state index in [1.165, 1.54) is 28.7 Å². The van der Waals surface area contributed by atoms with Gasteiger partial charge in [-0.1, -0.05) is 36.2 Å². The van der Waals surface area contributed by atoms with Crippen LogP contribution in [0, 0.1) is 0 Å². The number of aryl methyl sites for hydroxylation is 1. The first-order chi connectivity index (χ1) is 13.5. The van der Waals surface area contributed by atoms with E-state index in [0.717, 1.165) is 36.8 Å². The molecule has 0 unspecified atom stereocenters. The number of amides is 2. The van der Waals surface area contributed by atoms with E-state index in [4.69, 9.17) is 11.6 Å². The molecule has 1 aliphatic carbocycles. The molecule has 2 amide bonds. The summed E-state index contributed by atoms with van der Waals surface area (Å²) < 4.78 is 0. The van der Waals surface area contributed by atoms with Gasteiger partial charge < -0.3 is 5.32 Å². The molecule has 2 aromatic rings. The summed E-state index contributed by atoms with van der Waals surface area (Å²) in [6.45, 7) is 0. The molecule has 2 N–H and O–H groups in total. The van der Waals surface area contributed by atoms with Crippen LogP contribution in [0.1, 0.15) is 45.6 Å². The monoisotopic (exact) mass is 417 g/mol. The number of nitrogens with one attached hydrogen (secondary N) is 2. The van der Waals surface area contributed by atoms with Crippen LogP contribution < -0.4 is 10.7 Å². The van der Waals surface area contributed by atoms with Crippen LogP contribution in [0.5, 0.6) is 0 Å². The Morgan fingerprint density at radius 1 is 1.14 bits per heavy atom. The van der Waals surface area contributed by atoms with Gasteiger partial charge in [-0.05, 0) is 49.0 Å². The number of benzene rings is 1. The van der Waals surface area contributed by atoms with E-state index in [1.54, 1.807) is 31.2 Å². The Bertz CT molecular complexity index is 905. The number of hydrogen-bond donors (Lipinski definition) is 2. The van der Waals surface area contributed by atoms with E-state index in [-0.39, 0.29) is 11.8 Å². The van der Waals surface area contributed by atoms with Crippen LogP contribution in [-0.2, 0) is 17.6 Å². The third-order valence-corrected chi connectivity index (χ3v) is 6.08. The predicted molar refractivity (Wildman–Crippen MR) is 116 cm³/mol. The highest BCUT2D eigenvalue weighted by atomic mass is 35.5. The molecule has 3 rings (SSSR count). The Balaban J connectivity index is 1.85. The molecule has 0 aliphatic heterocycles. The smallest absolute Gasteiger partial charge is 0.268 e. The third kappa shape index (κ3) is 5.01. The van der Waals surface area contributed by atoms with E-state index >= 15 is 0 Å². The van der Waals surface area contributed by atoms with Crippen molar-refractivity contribution in [2.75, 3.05) is 19.4 Å². The summed E-state index contributed by atoms with van der Waals surface area (Å²) in [6.07, 6.45) is 8.28. The maximum Gasteiger partial charge on any atom is 0.268 e. The van der Waals surface area contributed by atoms with Crippen LogP contribution in [0.3, 0.4) is 0 Å². The van der Waals surface area contributed by atoms with Crippen molar-refractivity contribution in [2.24, 2.45) is 0 Å². The number of thiophene rings is 1. The quantitative estimate of drug-likeness (QED) is 0.427. The van der Waals surface area contributed by atoms with Gasteiger partial charge in [-0.3, -0.25) is 15.0 Å². The average Bonchev–Trinajstić information content (AvgIpc) is 2.81. The van der Waals surface area contributed by atoms with Crippen molar-refractivity contribution in [3.05, 3.63) is 56.9 Å². The van der Waals surface area contributed by atoms with E-state index in [9.17, 15) is 9.59 Å². The summed E-state index contributed by atoms with van der Waals surface area (Å²) in [7, 11) is 3.54. The molecule has 7 heteroatoms. The molecular weight excluding hydrogens is 394 g/mol. The molecule has 0 saturated heterocycles. The van der Waals surface area contributed by atoms with Gasteiger partial charge >= 0.3 is 0 Å². The van der Waals surface area contributed by atoms with Gasteiger partial charge in [-0.2, -0.15) is 0 Å². The molecule has 0 saturated carbocycles. The van der Waals surface area contributed by atoms with Crippen LogP contribution in [0.4, 0.5) is 5.00 Å². The maximum atomic E-state index is 12.8. The number of hydrogen-bond acceptors (Lipinski definition) is 4. The van der Waals surface area contributed by atoms with Crippen LogP contribution in [0.2, 0.25) is 5.02 Å². The first kappa shape index (κ1) is 20.6. The number of halogens is 1. The van der Waals surface area contributed by atoms with Crippen molar-refractivity contribution in [1.82, 2.24) is 10.4 Å². The van der Waals surface area contributed by atoms with Gasteiger partial charge in [0.1, 0.15) is 5.00 Å². The summed E-state index contributed by atoms with van der Waals surface area (Å²) in [5, 5.41) is 5.71. The number of hydrazine groups is 1. The molecule has 0 bridgehead atoms. The van der Waals surface area contributed by atoms with Crippen molar-refractivity contribution >= 4 is 45.8 Å². The lowest BCUT2D eigenvalue weighted by atomic mass is 10.1. The molecule has 5 nitrogen and oxygen atoms in total. The lowest BCUT2D eigenvalue weighted by molar-refractivity contribution is -0.111. The minimum Gasteiger partial charge on any atom is -0.313 e. The van der Waals surface area contributed by atoms with E-state index < -0.39 is 0 Å². The summed E-state index contributed by atoms with van der Waals surface area (Å²) in [5.41, 5.74) is 5.25. The standard InChI is InChI=1S/C21H24ClN3O2S/c1-25(2)24-20(27)19-15-9-4-3-5-11-17(15)28-21(19)23-18(26)13-12-14-8-6-7-10-16(14)22/h6-8,10,12-13H,3-5,9,11H2,1-2H3,(H,23,26)(H,24,27). The summed E-state index contributed by atoms with van der Waals surface area (Å²) >= 11 is 7.64. The molecule has 1 heterocycles. The fourth-order valence-corrected chi connectivity index (χ4v) is 4.75. The number of nitrogens with zero attached hydrogens (tertiary/aromatic N) is 1. The molecule has 0 fully saturated rings.